The van der Waals surface area contributed by atoms with E-state index in [1.165, 1.54) is 7.11 Å². The van der Waals surface area contributed by atoms with Crippen LogP contribution in [0.3, 0.4) is 0 Å². The smallest absolute Gasteiger partial charge is 0.412 e. The lowest BCUT2D eigenvalue weighted by atomic mass is 9.86. The summed E-state index contributed by atoms with van der Waals surface area (Å²) in [5.41, 5.74) is 3.43. The van der Waals surface area contributed by atoms with Gasteiger partial charge in [-0.05, 0) is 62.1 Å². The molecule has 3 amide bonds. The van der Waals surface area contributed by atoms with Crippen LogP contribution in [0.1, 0.15) is 47.1 Å². The normalized spacial score (nSPS) is 15.6. The maximum absolute atomic E-state index is 13.5. The summed E-state index contributed by atoms with van der Waals surface area (Å²) in [5.74, 6) is 0.310. The van der Waals surface area contributed by atoms with Crippen LogP contribution in [0, 0.1) is 0 Å². The maximum atomic E-state index is 13.5. The molecule has 1 fully saturated rings. The lowest BCUT2D eigenvalue weighted by molar-refractivity contribution is 0.0421. The fourth-order valence-electron chi connectivity index (χ4n) is 5.50. The number of methoxy groups -OCH3 is 1. The Morgan fingerprint density at radius 3 is 2.17 bits per heavy atom. The van der Waals surface area contributed by atoms with E-state index in [0.29, 0.717) is 29.4 Å². The molecular weight excluding hydrogens is 596 g/mol. The SMILES string of the molecule is COc1c(NC(=O)Nc2ccc(N3C=NC(CN4CCOCC4)=CC3)c3ccccc23)cc(C(C)(C)C)cc1NC(=O)OC(C)(C)C. The topological polar surface area (TPSA) is 117 Å². The molecule has 11 nitrogen and oxygen atoms in total. The molecule has 0 unspecified atom stereocenters. The second-order valence-electron chi connectivity index (χ2n) is 13.7. The van der Waals surface area contributed by atoms with E-state index in [4.69, 9.17) is 19.2 Å². The maximum Gasteiger partial charge on any atom is 0.412 e. The van der Waals surface area contributed by atoms with Gasteiger partial charge in [0.1, 0.15) is 5.60 Å². The number of benzene rings is 3. The molecule has 3 N–H and O–H groups in total. The molecule has 0 aromatic heterocycles. The first kappa shape index (κ1) is 33.7. The van der Waals surface area contributed by atoms with Gasteiger partial charge in [-0.3, -0.25) is 10.2 Å². The third-order valence-electron chi connectivity index (χ3n) is 7.88. The van der Waals surface area contributed by atoms with Gasteiger partial charge in [-0.2, -0.15) is 0 Å². The van der Waals surface area contributed by atoms with Gasteiger partial charge in [0.25, 0.3) is 0 Å². The van der Waals surface area contributed by atoms with Gasteiger partial charge in [0.05, 0.1) is 55.1 Å². The highest BCUT2D eigenvalue weighted by Gasteiger charge is 2.24. The van der Waals surface area contributed by atoms with Gasteiger partial charge < -0.3 is 29.7 Å². The number of fused-ring (bicyclic) bond motifs is 1. The number of ether oxygens (including phenoxy) is 3. The Bertz CT molecular complexity index is 1680. The number of rotatable bonds is 7. The van der Waals surface area contributed by atoms with E-state index in [1.807, 2.05) is 54.9 Å². The van der Waals surface area contributed by atoms with Crippen LogP contribution in [0.25, 0.3) is 10.8 Å². The highest BCUT2D eigenvalue weighted by atomic mass is 16.6. The molecule has 0 radical (unpaired) electrons. The summed E-state index contributed by atoms with van der Waals surface area (Å²) < 4.78 is 16.6. The number of hydrogen-bond donors (Lipinski definition) is 3. The highest BCUT2D eigenvalue weighted by Crippen LogP contribution is 2.39. The molecular formula is C36H46N6O5. The van der Waals surface area contributed by atoms with E-state index >= 15 is 0 Å². The summed E-state index contributed by atoms with van der Waals surface area (Å²) in [6.45, 7) is 16.4. The van der Waals surface area contributed by atoms with Crippen molar-refractivity contribution in [3.63, 3.8) is 0 Å². The third-order valence-corrected chi connectivity index (χ3v) is 7.88. The zero-order valence-corrected chi connectivity index (χ0v) is 28.4. The molecule has 0 saturated carbocycles. The van der Waals surface area contributed by atoms with Crippen LogP contribution in [-0.4, -0.2) is 75.5 Å². The van der Waals surface area contributed by atoms with Crippen LogP contribution >= 0.6 is 0 Å². The van der Waals surface area contributed by atoms with Crippen molar-refractivity contribution < 1.29 is 23.8 Å². The molecule has 5 rings (SSSR count). The van der Waals surface area contributed by atoms with E-state index in [0.717, 1.165) is 60.6 Å². The molecule has 0 spiro atoms. The fourth-order valence-corrected chi connectivity index (χ4v) is 5.50. The van der Waals surface area contributed by atoms with E-state index in [1.54, 1.807) is 20.8 Å². The molecule has 250 valence electrons. The number of carbonyl (C=O) groups is 2. The minimum Gasteiger partial charge on any atom is -0.492 e. The molecule has 11 heteroatoms. The summed E-state index contributed by atoms with van der Waals surface area (Å²) in [6, 6.07) is 15.1. The number of urea groups is 1. The number of anilines is 4. The molecule has 1 saturated heterocycles. The quantitative estimate of drug-likeness (QED) is 0.250. The fraction of sp³-hybridized carbons (Fsp3) is 0.417. The molecule has 2 aliphatic rings. The molecule has 2 heterocycles. The molecule has 3 aromatic rings. The number of aliphatic imine (C=N–C) groups is 1. The van der Waals surface area contributed by atoms with Gasteiger partial charge in [0.15, 0.2) is 5.75 Å². The molecule has 0 aliphatic carbocycles. The molecule has 2 aliphatic heterocycles. The Balaban J connectivity index is 1.35. The van der Waals surface area contributed by atoms with E-state index in [2.05, 4.69) is 52.6 Å². The van der Waals surface area contributed by atoms with Crippen LogP contribution in [0.2, 0.25) is 0 Å². The second kappa shape index (κ2) is 14.0. The summed E-state index contributed by atoms with van der Waals surface area (Å²) in [7, 11) is 1.49. The summed E-state index contributed by atoms with van der Waals surface area (Å²) in [5, 5.41) is 10.6. The summed E-state index contributed by atoms with van der Waals surface area (Å²) in [4.78, 5) is 35.4. The predicted octanol–water partition coefficient (Wildman–Crippen LogP) is 7.20. The standard InChI is InChI=1S/C36H46N6O5/c1-35(2,3)24-20-29(32(45-7)30(21-24)40-34(44)47-36(4,5)6)39-33(43)38-28-12-13-31(27-11-9-8-10-26(27)28)42-15-14-25(37-23-42)22-41-16-18-46-19-17-41/h8-14,20-21,23H,15-19,22H2,1-7H3,(H,40,44)(H2,38,39,43). The Morgan fingerprint density at radius 2 is 1.55 bits per heavy atom. The average molecular weight is 643 g/mol. The number of carbonyl (C=O) groups excluding carboxylic acids is 2. The Kier molecular flexibility index (Phi) is 10.1. The minimum absolute atomic E-state index is 0.286. The van der Waals surface area contributed by atoms with Crippen LogP contribution in [0.15, 0.2) is 65.3 Å². The second-order valence-corrected chi connectivity index (χ2v) is 13.7. The van der Waals surface area contributed by atoms with E-state index in [-0.39, 0.29) is 5.41 Å². The number of hydrogen-bond acceptors (Lipinski definition) is 8. The van der Waals surface area contributed by atoms with E-state index < -0.39 is 17.7 Å². The highest BCUT2D eigenvalue weighted by molar-refractivity contribution is 6.11. The largest absolute Gasteiger partial charge is 0.492 e. The van der Waals surface area contributed by atoms with Crippen molar-refractivity contribution in [2.24, 2.45) is 4.99 Å². The van der Waals surface area contributed by atoms with Gasteiger partial charge in [-0.15, -0.1) is 0 Å². The van der Waals surface area contributed by atoms with Crippen molar-refractivity contribution in [1.29, 1.82) is 0 Å². The van der Waals surface area contributed by atoms with Crippen molar-refractivity contribution in [1.82, 2.24) is 4.90 Å². The Hall–Kier alpha value is -4.61. The van der Waals surface area contributed by atoms with Crippen LogP contribution in [0.5, 0.6) is 5.75 Å². The zero-order valence-electron chi connectivity index (χ0n) is 28.4. The lowest BCUT2D eigenvalue weighted by Gasteiger charge is -2.29. The first-order chi connectivity index (χ1) is 22.3. The number of nitrogens with one attached hydrogen (secondary N) is 3. The van der Waals surface area contributed by atoms with Crippen molar-refractivity contribution in [2.75, 3.05) is 67.4 Å². The molecule has 3 aromatic carbocycles. The number of nitrogens with zero attached hydrogens (tertiary/aromatic N) is 3. The lowest BCUT2D eigenvalue weighted by Crippen LogP contribution is -2.38. The first-order valence-electron chi connectivity index (χ1n) is 15.9. The van der Waals surface area contributed by atoms with Crippen molar-refractivity contribution in [3.8, 4) is 5.75 Å². The van der Waals surface area contributed by atoms with Gasteiger partial charge in [0.2, 0.25) is 0 Å². The van der Waals surface area contributed by atoms with Crippen LogP contribution < -0.4 is 25.6 Å². The van der Waals surface area contributed by atoms with Gasteiger partial charge >= 0.3 is 12.1 Å². The minimum atomic E-state index is -0.679. The summed E-state index contributed by atoms with van der Waals surface area (Å²) in [6.07, 6.45) is 3.43. The van der Waals surface area contributed by atoms with Crippen molar-refractivity contribution in [3.05, 3.63) is 65.9 Å². The molecule has 0 atom stereocenters. The van der Waals surface area contributed by atoms with Crippen molar-refractivity contribution in [2.45, 2.75) is 52.6 Å². The zero-order chi connectivity index (χ0) is 33.8. The summed E-state index contributed by atoms with van der Waals surface area (Å²) >= 11 is 0. The molecule has 0 bridgehead atoms. The van der Waals surface area contributed by atoms with E-state index in [9.17, 15) is 9.59 Å². The Labute approximate surface area is 276 Å². The number of morpholine rings is 1. The molecule has 47 heavy (non-hydrogen) atoms. The monoisotopic (exact) mass is 642 g/mol. The van der Waals surface area contributed by atoms with Crippen molar-refractivity contribution >= 4 is 52.0 Å². The third kappa shape index (κ3) is 8.60. The number of amides is 3. The predicted molar refractivity (Wildman–Crippen MR) is 189 cm³/mol. The van der Waals surface area contributed by atoms with Crippen LogP contribution in [0.4, 0.5) is 32.3 Å². The Morgan fingerprint density at radius 1 is 0.894 bits per heavy atom. The van der Waals surface area contributed by atoms with Gasteiger partial charge in [-0.1, -0.05) is 45.0 Å². The van der Waals surface area contributed by atoms with Crippen LogP contribution in [-0.2, 0) is 14.9 Å². The average Bonchev–Trinajstić information content (AvgIpc) is 3.01. The van der Waals surface area contributed by atoms with Gasteiger partial charge in [0, 0.05) is 37.0 Å². The first-order valence-corrected chi connectivity index (χ1v) is 15.9. The van der Waals surface area contributed by atoms with Gasteiger partial charge in [-0.25, -0.2) is 14.6 Å².